The van der Waals surface area contributed by atoms with E-state index in [1.165, 1.54) is 30.9 Å². The highest BCUT2D eigenvalue weighted by molar-refractivity contribution is 7.07. The average molecular weight is 531 g/mol. The number of halogens is 2. The molecule has 11 heteroatoms. The zero-order valence-corrected chi connectivity index (χ0v) is 21.3. The quantitative estimate of drug-likeness (QED) is 0.415. The van der Waals surface area contributed by atoms with Gasteiger partial charge in [-0.15, -0.1) is 0 Å². The molecule has 8 nitrogen and oxygen atoms in total. The lowest BCUT2D eigenvalue weighted by Gasteiger charge is -2.25. The Kier molecular flexibility index (Phi) is 7.72. The summed E-state index contributed by atoms with van der Waals surface area (Å²) in [4.78, 5) is 31.6. The number of carbonyl (C=O) groups is 1. The fourth-order valence-electron chi connectivity index (χ4n) is 4.03. The molecule has 0 N–H and O–H groups in total. The molecule has 0 unspecified atom stereocenters. The molecule has 2 aromatic carbocycles. The molecule has 194 valence electrons. The predicted octanol–water partition coefficient (Wildman–Crippen LogP) is 3.42. The molecule has 1 aliphatic heterocycles. The van der Waals surface area contributed by atoms with Crippen LogP contribution in [0, 0.1) is 0 Å². The summed E-state index contributed by atoms with van der Waals surface area (Å²) in [6, 6.07) is 10.3. The molecule has 0 saturated carbocycles. The molecule has 1 aromatic heterocycles. The standard InChI is InChI=1S/C26H24F2N2O6S/c1-5-35-24(32)21-14(2)29-26-30(22(21)16-8-11-18(33-3)19(13-16)34-4)23(31)20(37-26)12-15-6-9-17(10-7-15)36-25(27)28/h6-13,22,25H,5H2,1-4H3/b20-12+/t22-/m1/s1. The molecule has 3 aromatic rings. The fourth-order valence-corrected chi connectivity index (χ4v) is 5.07. The number of carbonyl (C=O) groups excluding carboxylic acids is 1. The van der Waals surface area contributed by atoms with E-state index in [1.54, 1.807) is 50.3 Å². The number of hydrogen-bond acceptors (Lipinski definition) is 8. The van der Waals surface area contributed by atoms with E-state index in [-0.39, 0.29) is 23.5 Å². The third-order valence-electron chi connectivity index (χ3n) is 5.64. The van der Waals surface area contributed by atoms with Crippen molar-refractivity contribution >= 4 is 23.4 Å². The smallest absolute Gasteiger partial charge is 0.387 e. The van der Waals surface area contributed by atoms with Gasteiger partial charge in [-0.1, -0.05) is 29.5 Å². The Hall–Kier alpha value is -3.99. The van der Waals surface area contributed by atoms with Crippen LogP contribution in [0.25, 0.3) is 6.08 Å². The summed E-state index contributed by atoms with van der Waals surface area (Å²) in [5, 5.41) is 0. The van der Waals surface area contributed by atoms with Crippen LogP contribution in [0.2, 0.25) is 0 Å². The van der Waals surface area contributed by atoms with Gasteiger partial charge in [0.15, 0.2) is 16.3 Å². The van der Waals surface area contributed by atoms with Crippen molar-refractivity contribution in [2.24, 2.45) is 4.99 Å². The summed E-state index contributed by atoms with van der Waals surface area (Å²) in [5.74, 6) is 0.367. The van der Waals surface area contributed by atoms with Gasteiger partial charge in [-0.05, 0) is 55.3 Å². The highest BCUT2D eigenvalue weighted by Gasteiger charge is 2.33. The maximum atomic E-state index is 13.7. The highest BCUT2D eigenvalue weighted by atomic mass is 32.1. The molecule has 4 rings (SSSR count). The van der Waals surface area contributed by atoms with Crippen LogP contribution in [-0.4, -0.2) is 38.0 Å². The molecule has 1 aliphatic rings. The second-order valence-electron chi connectivity index (χ2n) is 7.86. The van der Waals surface area contributed by atoms with Crippen molar-refractivity contribution < 1.29 is 32.5 Å². The summed E-state index contributed by atoms with van der Waals surface area (Å²) in [5.41, 5.74) is 1.51. The molecule has 0 radical (unpaired) electrons. The van der Waals surface area contributed by atoms with Crippen LogP contribution in [0.15, 0.2) is 63.5 Å². The minimum atomic E-state index is -2.93. The van der Waals surface area contributed by atoms with Crippen molar-refractivity contribution in [3.63, 3.8) is 0 Å². The monoisotopic (exact) mass is 530 g/mol. The largest absolute Gasteiger partial charge is 0.493 e. The first-order valence-corrected chi connectivity index (χ1v) is 12.1. The minimum absolute atomic E-state index is 0.0109. The van der Waals surface area contributed by atoms with Gasteiger partial charge in [0.1, 0.15) is 5.75 Å². The lowest BCUT2D eigenvalue weighted by Crippen LogP contribution is -2.39. The normalized spacial score (nSPS) is 15.3. The van der Waals surface area contributed by atoms with Gasteiger partial charge in [0.25, 0.3) is 5.56 Å². The second-order valence-corrected chi connectivity index (χ2v) is 8.87. The number of aromatic nitrogens is 1. The SMILES string of the molecule is CCOC(=O)C1=C(C)N=c2s/c(=C/c3ccc(OC(F)F)cc3)c(=O)n2[C@@H]1c1ccc(OC)c(OC)c1. The van der Waals surface area contributed by atoms with Gasteiger partial charge in [-0.2, -0.15) is 8.78 Å². The third-order valence-corrected chi connectivity index (χ3v) is 6.63. The summed E-state index contributed by atoms with van der Waals surface area (Å²) < 4.78 is 47.2. The minimum Gasteiger partial charge on any atom is -0.493 e. The van der Waals surface area contributed by atoms with E-state index < -0.39 is 18.6 Å². The zero-order chi connectivity index (χ0) is 26.7. The van der Waals surface area contributed by atoms with E-state index >= 15 is 0 Å². The van der Waals surface area contributed by atoms with E-state index in [1.807, 2.05) is 0 Å². The van der Waals surface area contributed by atoms with E-state index in [0.29, 0.717) is 37.7 Å². The predicted molar refractivity (Wildman–Crippen MR) is 133 cm³/mol. The molecule has 0 bridgehead atoms. The third kappa shape index (κ3) is 5.26. The maximum absolute atomic E-state index is 13.7. The Labute approximate surface area is 214 Å². The topological polar surface area (TPSA) is 88.4 Å². The van der Waals surface area contributed by atoms with Crippen molar-refractivity contribution in [3.8, 4) is 17.2 Å². The molecular weight excluding hydrogens is 506 g/mol. The first kappa shape index (κ1) is 26.1. The molecule has 0 saturated heterocycles. The molecule has 1 atom stereocenters. The fraction of sp³-hybridized carbons (Fsp3) is 0.269. The number of methoxy groups -OCH3 is 2. The number of nitrogens with zero attached hydrogens (tertiary/aromatic N) is 2. The first-order chi connectivity index (χ1) is 17.8. The maximum Gasteiger partial charge on any atom is 0.387 e. The molecular formula is C26H24F2N2O6S. The van der Waals surface area contributed by atoms with Crippen molar-refractivity contribution in [2.45, 2.75) is 26.5 Å². The van der Waals surface area contributed by atoms with Crippen LogP contribution >= 0.6 is 11.3 Å². The number of benzene rings is 2. The van der Waals surface area contributed by atoms with Crippen LogP contribution in [0.1, 0.15) is 31.0 Å². The second kappa shape index (κ2) is 11.0. The summed E-state index contributed by atoms with van der Waals surface area (Å²) in [7, 11) is 3.01. The van der Waals surface area contributed by atoms with Crippen molar-refractivity contribution in [1.29, 1.82) is 0 Å². The van der Waals surface area contributed by atoms with E-state index in [0.717, 1.165) is 11.3 Å². The van der Waals surface area contributed by atoms with E-state index in [2.05, 4.69) is 9.73 Å². The van der Waals surface area contributed by atoms with Crippen LogP contribution in [0.3, 0.4) is 0 Å². The Balaban J connectivity index is 1.88. The lowest BCUT2D eigenvalue weighted by molar-refractivity contribution is -0.139. The zero-order valence-electron chi connectivity index (χ0n) is 20.5. The summed E-state index contributed by atoms with van der Waals surface area (Å²) >= 11 is 1.15. The molecule has 2 heterocycles. The van der Waals surface area contributed by atoms with E-state index in [4.69, 9.17) is 14.2 Å². The van der Waals surface area contributed by atoms with Gasteiger partial charge in [0.05, 0.1) is 42.7 Å². The average Bonchev–Trinajstić information content (AvgIpc) is 3.17. The summed E-state index contributed by atoms with van der Waals surface area (Å²) in [6.45, 7) is 0.623. The Morgan fingerprint density at radius 1 is 1.14 bits per heavy atom. The first-order valence-electron chi connectivity index (χ1n) is 11.2. The van der Waals surface area contributed by atoms with Gasteiger partial charge in [-0.25, -0.2) is 9.79 Å². The molecule has 37 heavy (non-hydrogen) atoms. The highest BCUT2D eigenvalue weighted by Crippen LogP contribution is 2.36. The van der Waals surface area contributed by atoms with Gasteiger partial charge < -0.3 is 18.9 Å². The number of ether oxygens (including phenoxy) is 4. The van der Waals surface area contributed by atoms with Crippen LogP contribution < -0.4 is 29.1 Å². The Bertz CT molecular complexity index is 1530. The number of esters is 1. The number of hydrogen-bond donors (Lipinski definition) is 0. The summed E-state index contributed by atoms with van der Waals surface area (Å²) in [6.07, 6.45) is 1.63. The van der Waals surface area contributed by atoms with Crippen LogP contribution in [0.5, 0.6) is 17.2 Å². The number of alkyl halides is 2. The van der Waals surface area contributed by atoms with Gasteiger partial charge >= 0.3 is 12.6 Å². The van der Waals surface area contributed by atoms with Gasteiger partial charge in [0.2, 0.25) is 0 Å². The van der Waals surface area contributed by atoms with Crippen molar-refractivity contribution in [3.05, 3.63) is 84.5 Å². The van der Waals surface area contributed by atoms with Crippen molar-refractivity contribution in [2.75, 3.05) is 20.8 Å². The number of allylic oxidation sites excluding steroid dienone is 1. The molecule has 0 spiro atoms. The molecule has 0 amide bonds. The van der Waals surface area contributed by atoms with Gasteiger partial charge in [-0.3, -0.25) is 9.36 Å². The Morgan fingerprint density at radius 2 is 1.84 bits per heavy atom. The molecule has 0 fully saturated rings. The van der Waals surface area contributed by atoms with Crippen LogP contribution in [0.4, 0.5) is 8.78 Å². The number of rotatable bonds is 8. The van der Waals surface area contributed by atoms with Crippen molar-refractivity contribution in [1.82, 2.24) is 4.57 Å². The number of thiazole rings is 1. The van der Waals surface area contributed by atoms with Gasteiger partial charge in [0, 0.05) is 0 Å². The molecule has 0 aliphatic carbocycles. The lowest BCUT2D eigenvalue weighted by atomic mass is 9.95. The Morgan fingerprint density at radius 3 is 2.46 bits per heavy atom. The van der Waals surface area contributed by atoms with Crippen LogP contribution in [-0.2, 0) is 9.53 Å². The number of fused-ring (bicyclic) bond motifs is 1. The van der Waals surface area contributed by atoms with E-state index in [9.17, 15) is 18.4 Å².